The van der Waals surface area contributed by atoms with E-state index >= 15 is 0 Å². The molecule has 0 aromatic carbocycles. The Morgan fingerprint density at radius 3 is 2.70 bits per heavy atom. The van der Waals surface area contributed by atoms with E-state index in [-0.39, 0.29) is 36.3 Å². The first-order valence-corrected chi connectivity index (χ1v) is 9.76. The van der Waals surface area contributed by atoms with Gasteiger partial charge in [0.25, 0.3) is 11.8 Å². The zero-order chi connectivity index (χ0) is 21.7. The summed E-state index contributed by atoms with van der Waals surface area (Å²) in [5.74, 6) is 0.539. The molecule has 1 aliphatic carbocycles. The highest BCUT2D eigenvalue weighted by Gasteiger charge is 2.29. The molecule has 9 heteroatoms. The predicted molar refractivity (Wildman–Crippen MR) is 108 cm³/mol. The Labute approximate surface area is 174 Å². The fraction of sp³-hybridized carbons (Fsp3) is 0.429. The van der Waals surface area contributed by atoms with Gasteiger partial charge in [0.2, 0.25) is 5.91 Å². The second-order valence-corrected chi connectivity index (χ2v) is 7.26. The van der Waals surface area contributed by atoms with Crippen molar-refractivity contribution in [1.29, 1.82) is 0 Å². The number of alkyl halides is 1. The van der Waals surface area contributed by atoms with Crippen LogP contribution in [0.15, 0.2) is 30.6 Å². The first-order chi connectivity index (χ1) is 14.4. The zero-order valence-corrected chi connectivity index (χ0v) is 17.1. The van der Waals surface area contributed by atoms with Gasteiger partial charge in [0.1, 0.15) is 18.6 Å². The summed E-state index contributed by atoms with van der Waals surface area (Å²) in [6.45, 7) is 3.06. The van der Waals surface area contributed by atoms with Crippen LogP contribution in [0, 0.1) is 5.92 Å². The SMILES string of the molecule is COc1cc(C(C)NC(=O)c2ccnc(NC(=O)C3CC3)c2)cnc1OCC(C)F. The van der Waals surface area contributed by atoms with Crippen molar-refractivity contribution in [2.75, 3.05) is 19.0 Å². The van der Waals surface area contributed by atoms with Crippen LogP contribution in [0.25, 0.3) is 0 Å². The third-order valence-corrected chi connectivity index (χ3v) is 4.58. The van der Waals surface area contributed by atoms with E-state index < -0.39 is 6.17 Å². The number of hydrogen-bond acceptors (Lipinski definition) is 6. The summed E-state index contributed by atoms with van der Waals surface area (Å²) in [6, 6.07) is 4.41. The molecule has 0 saturated heterocycles. The number of carbonyl (C=O) groups is 2. The first kappa shape index (κ1) is 21.5. The molecule has 0 radical (unpaired) electrons. The first-order valence-electron chi connectivity index (χ1n) is 9.76. The van der Waals surface area contributed by atoms with Gasteiger partial charge in [-0.15, -0.1) is 0 Å². The lowest BCUT2D eigenvalue weighted by molar-refractivity contribution is -0.117. The van der Waals surface area contributed by atoms with Crippen molar-refractivity contribution in [3.8, 4) is 11.6 Å². The number of rotatable bonds is 9. The van der Waals surface area contributed by atoms with Gasteiger partial charge in [0.15, 0.2) is 5.75 Å². The Bertz CT molecular complexity index is 918. The molecule has 1 saturated carbocycles. The van der Waals surface area contributed by atoms with E-state index in [0.717, 1.165) is 12.8 Å². The molecule has 160 valence electrons. The number of ether oxygens (including phenoxy) is 2. The summed E-state index contributed by atoms with van der Waals surface area (Å²) < 4.78 is 23.6. The number of anilines is 1. The highest BCUT2D eigenvalue weighted by Crippen LogP contribution is 2.30. The van der Waals surface area contributed by atoms with E-state index in [4.69, 9.17) is 9.47 Å². The molecule has 2 amide bonds. The quantitative estimate of drug-likeness (QED) is 0.651. The van der Waals surface area contributed by atoms with Crippen LogP contribution in [0.5, 0.6) is 11.6 Å². The molecule has 2 aromatic rings. The highest BCUT2D eigenvalue weighted by molar-refractivity contribution is 5.97. The molecule has 2 aromatic heterocycles. The lowest BCUT2D eigenvalue weighted by Gasteiger charge is -2.17. The topological polar surface area (TPSA) is 102 Å². The number of pyridine rings is 2. The number of methoxy groups -OCH3 is 1. The van der Waals surface area contributed by atoms with Crippen molar-refractivity contribution < 1.29 is 23.5 Å². The van der Waals surface area contributed by atoms with Crippen LogP contribution in [-0.2, 0) is 4.79 Å². The summed E-state index contributed by atoms with van der Waals surface area (Å²) in [6.07, 6.45) is 3.66. The maximum atomic E-state index is 13.0. The Kier molecular flexibility index (Phi) is 6.81. The van der Waals surface area contributed by atoms with E-state index in [1.807, 2.05) is 0 Å². The van der Waals surface area contributed by atoms with Crippen LogP contribution in [0.3, 0.4) is 0 Å². The van der Waals surface area contributed by atoms with Gasteiger partial charge in [-0.2, -0.15) is 0 Å². The van der Waals surface area contributed by atoms with Crippen LogP contribution in [0.1, 0.15) is 48.7 Å². The van der Waals surface area contributed by atoms with E-state index in [0.29, 0.717) is 22.7 Å². The number of amides is 2. The molecule has 0 spiro atoms. The lowest BCUT2D eigenvalue weighted by atomic mass is 10.1. The maximum Gasteiger partial charge on any atom is 0.257 e. The smallest absolute Gasteiger partial charge is 0.257 e. The number of nitrogens with one attached hydrogen (secondary N) is 2. The molecule has 2 heterocycles. The lowest BCUT2D eigenvalue weighted by Crippen LogP contribution is -2.27. The fourth-order valence-corrected chi connectivity index (χ4v) is 2.71. The van der Waals surface area contributed by atoms with Crippen molar-refractivity contribution in [2.45, 2.75) is 38.9 Å². The van der Waals surface area contributed by atoms with Crippen LogP contribution in [0.4, 0.5) is 10.2 Å². The summed E-state index contributed by atoms with van der Waals surface area (Å²) >= 11 is 0. The molecule has 2 unspecified atom stereocenters. The van der Waals surface area contributed by atoms with Crippen LogP contribution < -0.4 is 20.1 Å². The van der Waals surface area contributed by atoms with E-state index in [9.17, 15) is 14.0 Å². The molecule has 0 aliphatic heterocycles. The van der Waals surface area contributed by atoms with E-state index in [1.165, 1.54) is 26.3 Å². The Morgan fingerprint density at radius 1 is 1.27 bits per heavy atom. The standard InChI is InChI=1S/C21H25FN4O4/c1-12(22)11-30-21-17(29-3)8-16(10-24-21)13(2)25-20(28)15-6-7-23-18(9-15)26-19(27)14-4-5-14/h6-10,12-14H,4-5,11H2,1-3H3,(H,25,28)(H,23,26,27). The van der Waals surface area contributed by atoms with Crippen molar-refractivity contribution in [3.05, 3.63) is 41.7 Å². The minimum Gasteiger partial charge on any atom is -0.491 e. The predicted octanol–water partition coefficient (Wildman–Crippen LogP) is 3.06. The number of hydrogen-bond donors (Lipinski definition) is 2. The second-order valence-electron chi connectivity index (χ2n) is 7.26. The van der Waals surface area contributed by atoms with Gasteiger partial charge >= 0.3 is 0 Å². The van der Waals surface area contributed by atoms with E-state index in [2.05, 4.69) is 20.6 Å². The highest BCUT2D eigenvalue weighted by atomic mass is 19.1. The van der Waals surface area contributed by atoms with Gasteiger partial charge in [-0.05, 0) is 50.5 Å². The molecular weight excluding hydrogens is 391 g/mol. The average molecular weight is 416 g/mol. The molecule has 8 nitrogen and oxygen atoms in total. The molecule has 30 heavy (non-hydrogen) atoms. The van der Waals surface area contributed by atoms with E-state index in [1.54, 1.807) is 25.3 Å². The van der Waals surface area contributed by atoms with Crippen molar-refractivity contribution in [2.24, 2.45) is 5.92 Å². The Balaban J connectivity index is 1.65. The van der Waals surface area contributed by atoms with Crippen molar-refractivity contribution in [3.63, 3.8) is 0 Å². The number of nitrogens with zero attached hydrogens (tertiary/aromatic N) is 2. The minimum atomic E-state index is -1.13. The van der Waals surface area contributed by atoms with Crippen LogP contribution in [0.2, 0.25) is 0 Å². The van der Waals surface area contributed by atoms with Gasteiger partial charge in [0.05, 0.1) is 13.2 Å². The van der Waals surface area contributed by atoms with Crippen molar-refractivity contribution in [1.82, 2.24) is 15.3 Å². The van der Waals surface area contributed by atoms with Gasteiger partial charge in [0, 0.05) is 23.9 Å². The van der Waals surface area contributed by atoms with Gasteiger partial charge in [-0.3, -0.25) is 9.59 Å². The monoisotopic (exact) mass is 416 g/mol. The average Bonchev–Trinajstić information content (AvgIpc) is 3.57. The molecule has 1 fully saturated rings. The molecule has 3 rings (SSSR count). The summed E-state index contributed by atoms with van der Waals surface area (Å²) in [5.41, 5.74) is 1.07. The molecular formula is C21H25FN4O4. The molecule has 2 N–H and O–H groups in total. The number of halogens is 1. The molecule has 2 atom stereocenters. The normalized spacial score (nSPS) is 15.1. The third-order valence-electron chi connectivity index (χ3n) is 4.58. The second kappa shape index (κ2) is 9.51. The number of carbonyl (C=O) groups excluding carboxylic acids is 2. The number of aromatic nitrogens is 2. The third kappa shape index (κ3) is 5.65. The molecule has 0 bridgehead atoms. The zero-order valence-electron chi connectivity index (χ0n) is 17.1. The largest absolute Gasteiger partial charge is 0.491 e. The summed E-state index contributed by atoms with van der Waals surface area (Å²) in [4.78, 5) is 32.8. The van der Waals surface area contributed by atoms with Gasteiger partial charge in [-0.1, -0.05) is 0 Å². The molecule has 1 aliphatic rings. The van der Waals surface area contributed by atoms with Crippen LogP contribution in [-0.4, -0.2) is 41.7 Å². The summed E-state index contributed by atoms with van der Waals surface area (Å²) in [7, 11) is 1.46. The van der Waals surface area contributed by atoms with Crippen LogP contribution >= 0.6 is 0 Å². The minimum absolute atomic E-state index is 0.0480. The van der Waals surface area contributed by atoms with Gasteiger partial charge in [-0.25, -0.2) is 14.4 Å². The maximum absolute atomic E-state index is 13.0. The Hall–Kier alpha value is -3.23. The van der Waals surface area contributed by atoms with Gasteiger partial charge < -0.3 is 20.1 Å². The van der Waals surface area contributed by atoms with Crippen molar-refractivity contribution >= 4 is 17.6 Å². The summed E-state index contributed by atoms with van der Waals surface area (Å²) in [5, 5.41) is 5.60. The Morgan fingerprint density at radius 2 is 2.03 bits per heavy atom. The fourth-order valence-electron chi connectivity index (χ4n) is 2.71.